The average molecular weight is 359 g/mol. The molecule has 3 rings (SSSR count). The number of rotatable bonds is 4. The maximum atomic E-state index is 9.21. The average Bonchev–Trinajstić information content (AvgIpc) is 2.56. The molecule has 1 fully saturated rings. The van der Waals surface area contributed by atoms with Crippen molar-refractivity contribution >= 4 is 23.4 Å². The summed E-state index contributed by atoms with van der Waals surface area (Å²) in [6, 6.07) is 14.2. The molecule has 0 bridgehead atoms. The minimum absolute atomic E-state index is 0.699. The number of hydrogen-bond donors (Lipinski definition) is 0. The third-order valence-corrected chi connectivity index (χ3v) is 5.24. The summed E-state index contributed by atoms with van der Waals surface area (Å²) in [5.41, 5.74) is 3.02. The zero-order valence-corrected chi connectivity index (χ0v) is 15.2. The monoisotopic (exact) mass is 358 g/mol. The van der Waals surface area contributed by atoms with Gasteiger partial charge in [-0.25, -0.2) is 0 Å². The highest BCUT2D eigenvalue weighted by atomic mass is 35.5. The van der Waals surface area contributed by atoms with E-state index in [1.54, 1.807) is 11.8 Å². The summed E-state index contributed by atoms with van der Waals surface area (Å²) in [4.78, 5) is 4.66. The van der Waals surface area contributed by atoms with Gasteiger partial charge in [0, 0.05) is 34.4 Å². The Morgan fingerprint density at radius 1 is 1.21 bits per heavy atom. The number of benzene rings is 2. The van der Waals surface area contributed by atoms with Gasteiger partial charge in [-0.3, -0.25) is 4.90 Å². The minimum atomic E-state index is 0.699. The molecule has 0 amide bonds. The maximum Gasteiger partial charge on any atom is 0.0991 e. The van der Waals surface area contributed by atoms with E-state index < -0.39 is 0 Å². The quantitative estimate of drug-likeness (QED) is 0.806. The van der Waals surface area contributed by atoms with Crippen molar-refractivity contribution < 1.29 is 4.74 Å². The molecule has 0 saturated carbocycles. The van der Waals surface area contributed by atoms with E-state index in [1.165, 1.54) is 10.5 Å². The van der Waals surface area contributed by atoms with Gasteiger partial charge in [0.2, 0.25) is 0 Å². The highest BCUT2D eigenvalue weighted by Gasteiger charge is 2.14. The SMILES string of the molecule is Cc1cc(Cl)cc(Sc2ccc(C#N)cc2CN2CCOCC2)c1. The summed E-state index contributed by atoms with van der Waals surface area (Å²) >= 11 is 7.88. The van der Waals surface area contributed by atoms with Gasteiger partial charge in [-0.15, -0.1) is 0 Å². The van der Waals surface area contributed by atoms with Gasteiger partial charge in [0.1, 0.15) is 0 Å². The topological polar surface area (TPSA) is 36.3 Å². The largest absolute Gasteiger partial charge is 0.379 e. The van der Waals surface area contributed by atoms with Crippen LogP contribution in [0.1, 0.15) is 16.7 Å². The fraction of sp³-hybridized carbons (Fsp3) is 0.316. The molecule has 0 aliphatic carbocycles. The van der Waals surface area contributed by atoms with Gasteiger partial charge in [0.05, 0.1) is 24.8 Å². The normalized spacial score (nSPS) is 15.2. The van der Waals surface area contributed by atoms with E-state index in [2.05, 4.69) is 17.0 Å². The van der Waals surface area contributed by atoms with Gasteiger partial charge in [-0.1, -0.05) is 23.4 Å². The minimum Gasteiger partial charge on any atom is -0.379 e. The van der Waals surface area contributed by atoms with Crippen molar-refractivity contribution in [2.45, 2.75) is 23.3 Å². The Hall–Kier alpha value is -1.51. The maximum absolute atomic E-state index is 9.21. The van der Waals surface area contributed by atoms with Crippen molar-refractivity contribution in [2.75, 3.05) is 26.3 Å². The van der Waals surface area contributed by atoms with Crippen molar-refractivity contribution in [3.05, 3.63) is 58.1 Å². The van der Waals surface area contributed by atoms with Crippen LogP contribution in [0.4, 0.5) is 0 Å². The van der Waals surface area contributed by atoms with E-state index in [4.69, 9.17) is 16.3 Å². The summed E-state index contributed by atoms with van der Waals surface area (Å²) in [7, 11) is 0. The number of ether oxygens (including phenoxy) is 1. The molecule has 3 nitrogen and oxygen atoms in total. The van der Waals surface area contributed by atoms with Crippen LogP contribution in [-0.4, -0.2) is 31.2 Å². The second-order valence-electron chi connectivity index (χ2n) is 5.89. The molecule has 124 valence electrons. The second kappa shape index (κ2) is 8.04. The lowest BCUT2D eigenvalue weighted by atomic mass is 10.1. The standard InChI is InChI=1S/C19H19ClN2OS/c1-14-8-17(20)11-18(9-14)24-19-3-2-15(12-21)10-16(19)13-22-4-6-23-7-5-22/h2-3,8-11H,4-7,13H2,1H3. The number of nitriles is 1. The van der Waals surface area contributed by atoms with Gasteiger partial charge < -0.3 is 4.74 Å². The molecule has 0 radical (unpaired) electrons. The molecular weight excluding hydrogens is 340 g/mol. The molecule has 2 aromatic carbocycles. The van der Waals surface area contributed by atoms with Crippen molar-refractivity contribution in [3.63, 3.8) is 0 Å². The predicted octanol–water partition coefficient (Wildman–Crippen LogP) is 4.50. The van der Waals surface area contributed by atoms with Crippen molar-refractivity contribution in [2.24, 2.45) is 0 Å². The van der Waals surface area contributed by atoms with E-state index in [1.807, 2.05) is 37.3 Å². The third kappa shape index (κ3) is 4.52. The van der Waals surface area contributed by atoms with Gasteiger partial charge in [-0.05, 0) is 54.4 Å². The van der Waals surface area contributed by atoms with E-state index in [-0.39, 0.29) is 0 Å². The molecule has 1 heterocycles. The van der Waals surface area contributed by atoms with E-state index in [0.29, 0.717) is 5.56 Å². The van der Waals surface area contributed by atoms with Gasteiger partial charge >= 0.3 is 0 Å². The van der Waals surface area contributed by atoms with Crippen molar-refractivity contribution in [1.82, 2.24) is 4.90 Å². The molecule has 24 heavy (non-hydrogen) atoms. The highest BCUT2D eigenvalue weighted by Crippen LogP contribution is 2.34. The van der Waals surface area contributed by atoms with E-state index in [9.17, 15) is 5.26 Å². The molecular formula is C19H19ClN2OS. The smallest absolute Gasteiger partial charge is 0.0991 e. The Labute approximate surface area is 152 Å². The van der Waals surface area contributed by atoms with Gasteiger partial charge in [0.25, 0.3) is 0 Å². The lowest BCUT2D eigenvalue weighted by molar-refractivity contribution is 0.0338. The number of hydrogen-bond acceptors (Lipinski definition) is 4. The van der Waals surface area contributed by atoms with Crippen molar-refractivity contribution in [1.29, 1.82) is 5.26 Å². The number of morpholine rings is 1. The third-order valence-electron chi connectivity index (χ3n) is 3.93. The van der Waals surface area contributed by atoms with Crippen LogP contribution in [0.25, 0.3) is 0 Å². The highest BCUT2D eigenvalue weighted by molar-refractivity contribution is 7.99. The first-order chi connectivity index (χ1) is 11.6. The van der Waals surface area contributed by atoms with E-state index in [0.717, 1.165) is 48.3 Å². The van der Waals surface area contributed by atoms with Crippen LogP contribution in [0.5, 0.6) is 0 Å². The first-order valence-corrected chi connectivity index (χ1v) is 9.11. The molecule has 1 aliphatic heterocycles. The first kappa shape index (κ1) is 17.3. The number of aryl methyl sites for hydroxylation is 1. The molecule has 0 N–H and O–H groups in total. The fourth-order valence-electron chi connectivity index (χ4n) is 2.76. The summed E-state index contributed by atoms with van der Waals surface area (Å²) in [5.74, 6) is 0. The summed E-state index contributed by atoms with van der Waals surface area (Å²) in [6.45, 7) is 6.28. The summed E-state index contributed by atoms with van der Waals surface area (Å²) < 4.78 is 5.42. The Morgan fingerprint density at radius 3 is 2.71 bits per heavy atom. The van der Waals surface area contributed by atoms with Gasteiger partial charge in [-0.2, -0.15) is 5.26 Å². The Kier molecular flexibility index (Phi) is 5.80. The zero-order chi connectivity index (χ0) is 16.9. The fourth-order valence-corrected chi connectivity index (χ4v) is 4.19. The lowest BCUT2D eigenvalue weighted by Gasteiger charge is -2.27. The molecule has 1 saturated heterocycles. The van der Waals surface area contributed by atoms with Crippen LogP contribution in [0.2, 0.25) is 5.02 Å². The Bertz CT molecular complexity index is 746. The molecule has 0 aromatic heterocycles. The summed E-state index contributed by atoms with van der Waals surface area (Å²) in [5, 5.41) is 9.96. The molecule has 2 aromatic rings. The van der Waals surface area contributed by atoms with Crippen LogP contribution >= 0.6 is 23.4 Å². The molecule has 0 unspecified atom stereocenters. The second-order valence-corrected chi connectivity index (χ2v) is 7.44. The van der Waals surface area contributed by atoms with Crippen molar-refractivity contribution in [3.8, 4) is 6.07 Å². The van der Waals surface area contributed by atoms with Crippen LogP contribution in [0, 0.1) is 18.3 Å². The van der Waals surface area contributed by atoms with Crippen LogP contribution in [-0.2, 0) is 11.3 Å². The zero-order valence-electron chi connectivity index (χ0n) is 13.6. The Morgan fingerprint density at radius 2 is 2.00 bits per heavy atom. The van der Waals surface area contributed by atoms with E-state index >= 15 is 0 Å². The number of halogens is 1. The van der Waals surface area contributed by atoms with Crippen LogP contribution in [0.3, 0.4) is 0 Å². The lowest BCUT2D eigenvalue weighted by Crippen LogP contribution is -2.35. The summed E-state index contributed by atoms with van der Waals surface area (Å²) in [6.07, 6.45) is 0. The molecule has 0 spiro atoms. The predicted molar refractivity (Wildman–Crippen MR) is 97.6 cm³/mol. The van der Waals surface area contributed by atoms with Gasteiger partial charge in [0.15, 0.2) is 0 Å². The first-order valence-electron chi connectivity index (χ1n) is 7.92. The van der Waals surface area contributed by atoms with Crippen LogP contribution in [0.15, 0.2) is 46.2 Å². The molecule has 0 atom stereocenters. The molecule has 1 aliphatic rings. The number of nitrogens with zero attached hydrogens (tertiary/aromatic N) is 2. The van der Waals surface area contributed by atoms with Crippen LogP contribution < -0.4 is 0 Å². The molecule has 5 heteroatoms. The Balaban J connectivity index is 1.86.